The molecule has 6 nitrogen and oxygen atoms in total. The second kappa shape index (κ2) is 4.55. The van der Waals surface area contributed by atoms with E-state index in [9.17, 15) is 13.2 Å². The third-order valence-electron chi connectivity index (χ3n) is 3.40. The normalized spacial score (nSPS) is 36.8. The van der Waals surface area contributed by atoms with Crippen molar-refractivity contribution in [2.45, 2.75) is 37.5 Å². The average Bonchev–Trinajstić information content (AvgIpc) is 2.58. The van der Waals surface area contributed by atoms with Gasteiger partial charge in [-0.2, -0.15) is 8.42 Å². The van der Waals surface area contributed by atoms with Crippen molar-refractivity contribution in [3.05, 3.63) is 0 Å². The third-order valence-corrected chi connectivity index (χ3v) is 4.00. The van der Waals surface area contributed by atoms with E-state index in [0.29, 0.717) is 6.42 Å². The predicted octanol–water partition coefficient (Wildman–Crippen LogP) is -0.355. The van der Waals surface area contributed by atoms with Crippen LogP contribution >= 0.6 is 0 Å². The van der Waals surface area contributed by atoms with Gasteiger partial charge in [0.25, 0.3) is 10.1 Å². The van der Waals surface area contributed by atoms with Crippen LogP contribution in [0.25, 0.3) is 0 Å². The summed E-state index contributed by atoms with van der Waals surface area (Å²) in [6, 6.07) is 0.209. The van der Waals surface area contributed by atoms with Crippen molar-refractivity contribution in [2.24, 2.45) is 5.92 Å². The van der Waals surface area contributed by atoms with Gasteiger partial charge in [0.1, 0.15) is 0 Å². The average molecular weight is 263 g/mol. The summed E-state index contributed by atoms with van der Waals surface area (Å²) in [7, 11) is -2.25. The molecule has 0 spiro atoms. The molecule has 1 N–H and O–H groups in total. The Morgan fingerprint density at radius 3 is 2.65 bits per heavy atom. The molecular weight excluding hydrogens is 246 g/mol. The minimum atomic E-state index is -3.55. The fraction of sp³-hybridized carbons (Fsp3) is 0.900. The highest BCUT2D eigenvalue weighted by Crippen LogP contribution is 2.34. The summed E-state index contributed by atoms with van der Waals surface area (Å²) in [5.74, 6) is -0.940. The summed E-state index contributed by atoms with van der Waals surface area (Å²) < 4.78 is 32.1. The van der Waals surface area contributed by atoms with Crippen LogP contribution in [0.3, 0.4) is 0 Å². The lowest BCUT2D eigenvalue weighted by Gasteiger charge is -2.34. The Hall–Kier alpha value is -0.660. The zero-order valence-electron chi connectivity index (χ0n) is 9.88. The highest BCUT2D eigenvalue weighted by molar-refractivity contribution is 7.86. The fourth-order valence-electron chi connectivity index (χ4n) is 2.78. The molecule has 2 rings (SSSR count). The molecule has 0 amide bonds. The lowest BCUT2D eigenvalue weighted by Crippen LogP contribution is -2.52. The van der Waals surface area contributed by atoms with Gasteiger partial charge in [-0.15, -0.1) is 0 Å². The quantitative estimate of drug-likeness (QED) is 0.553. The summed E-state index contributed by atoms with van der Waals surface area (Å²) >= 11 is 0. The molecule has 2 bridgehead atoms. The first-order chi connectivity index (χ1) is 7.90. The first-order valence-corrected chi connectivity index (χ1v) is 7.44. The summed E-state index contributed by atoms with van der Waals surface area (Å²) in [5.41, 5.74) is 0. The van der Waals surface area contributed by atoms with Crippen molar-refractivity contribution in [2.75, 3.05) is 13.4 Å². The van der Waals surface area contributed by atoms with E-state index in [0.717, 1.165) is 19.1 Å². The van der Waals surface area contributed by atoms with Crippen LogP contribution in [0.2, 0.25) is 0 Å². The van der Waals surface area contributed by atoms with Gasteiger partial charge in [0, 0.05) is 12.1 Å². The van der Waals surface area contributed by atoms with Gasteiger partial charge < -0.3 is 10.1 Å². The molecule has 0 radical (unpaired) electrons. The van der Waals surface area contributed by atoms with Crippen molar-refractivity contribution < 1.29 is 22.1 Å². The Morgan fingerprint density at radius 1 is 1.35 bits per heavy atom. The first-order valence-electron chi connectivity index (χ1n) is 5.63. The zero-order chi connectivity index (χ0) is 12.6. The van der Waals surface area contributed by atoms with Crippen LogP contribution in [0, 0.1) is 5.92 Å². The number of ether oxygens (including phenoxy) is 1. The molecule has 0 aromatic rings. The molecular formula is C10H17NO5S. The molecule has 4 unspecified atom stereocenters. The van der Waals surface area contributed by atoms with Gasteiger partial charge in [-0.25, -0.2) is 0 Å². The molecule has 2 aliphatic heterocycles. The number of fused-ring (bicyclic) bond motifs is 2. The van der Waals surface area contributed by atoms with Crippen LogP contribution in [0.4, 0.5) is 0 Å². The maximum atomic E-state index is 11.7. The zero-order valence-corrected chi connectivity index (χ0v) is 10.7. The molecule has 7 heteroatoms. The van der Waals surface area contributed by atoms with Crippen LogP contribution in [0.1, 0.15) is 19.3 Å². The van der Waals surface area contributed by atoms with Gasteiger partial charge in [-0.05, 0) is 19.3 Å². The molecule has 17 heavy (non-hydrogen) atoms. The van der Waals surface area contributed by atoms with Crippen LogP contribution in [-0.2, 0) is 23.8 Å². The van der Waals surface area contributed by atoms with Crippen molar-refractivity contribution in [3.8, 4) is 0 Å². The number of hydrogen-bond acceptors (Lipinski definition) is 6. The second-order valence-corrected chi connectivity index (χ2v) is 6.27. The largest absolute Gasteiger partial charge is 0.469 e. The molecule has 0 saturated carbocycles. The topological polar surface area (TPSA) is 81.7 Å². The molecule has 0 aliphatic carbocycles. The van der Waals surface area contributed by atoms with Crippen LogP contribution in [0.5, 0.6) is 0 Å². The number of nitrogens with one attached hydrogen (secondary N) is 1. The summed E-state index contributed by atoms with van der Waals surface area (Å²) in [5, 5.41) is 3.30. The Labute approximate surface area is 101 Å². The summed E-state index contributed by atoms with van der Waals surface area (Å²) in [4.78, 5) is 11.7. The lowest BCUT2D eigenvalue weighted by atomic mass is 9.89. The number of carbonyl (C=O) groups excluding carboxylic acids is 1. The van der Waals surface area contributed by atoms with Gasteiger partial charge in [-0.1, -0.05) is 0 Å². The molecule has 2 fully saturated rings. The standard InChI is InChI=1S/C10H17NO5S/c1-15-10(12)9-7-4-3-6(11-7)5-8(9)16-17(2,13)14/h6-9,11H,3-5H2,1-2H3. The van der Waals surface area contributed by atoms with Gasteiger partial charge in [0.2, 0.25) is 0 Å². The lowest BCUT2D eigenvalue weighted by molar-refractivity contribution is -0.151. The third kappa shape index (κ3) is 2.78. The maximum absolute atomic E-state index is 11.7. The minimum Gasteiger partial charge on any atom is -0.469 e. The number of rotatable bonds is 3. The number of esters is 1. The molecule has 4 atom stereocenters. The van der Waals surface area contributed by atoms with E-state index in [1.165, 1.54) is 7.11 Å². The smallest absolute Gasteiger partial charge is 0.312 e. The Kier molecular flexibility index (Phi) is 3.42. The van der Waals surface area contributed by atoms with Gasteiger partial charge >= 0.3 is 5.97 Å². The van der Waals surface area contributed by atoms with Gasteiger partial charge in [0.05, 0.1) is 25.4 Å². The molecule has 0 aromatic carbocycles. The predicted molar refractivity (Wildman–Crippen MR) is 59.8 cm³/mol. The van der Waals surface area contributed by atoms with Crippen molar-refractivity contribution in [3.63, 3.8) is 0 Å². The summed E-state index contributed by atoms with van der Waals surface area (Å²) in [6.07, 6.45) is 2.74. The number of carbonyl (C=O) groups is 1. The Bertz CT molecular complexity index is 407. The van der Waals surface area contributed by atoms with E-state index in [1.54, 1.807) is 0 Å². The number of hydrogen-bond donors (Lipinski definition) is 1. The van der Waals surface area contributed by atoms with Crippen LogP contribution < -0.4 is 5.32 Å². The van der Waals surface area contributed by atoms with Crippen molar-refractivity contribution >= 4 is 16.1 Å². The highest BCUT2D eigenvalue weighted by Gasteiger charge is 2.47. The van der Waals surface area contributed by atoms with Gasteiger partial charge in [-0.3, -0.25) is 8.98 Å². The Morgan fingerprint density at radius 2 is 2.06 bits per heavy atom. The maximum Gasteiger partial charge on any atom is 0.312 e. The second-order valence-electron chi connectivity index (χ2n) is 4.67. The van der Waals surface area contributed by atoms with Gasteiger partial charge in [0.15, 0.2) is 0 Å². The van der Waals surface area contributed by atoms with E-state index in [-0.39, 0.29) is 12.1 Å². The molecule has 0 aromatic heterocycles. The molecule has 2 aliphatic rings. The SMILES string of the molecule is COC(=O)C1C2CCC(CC1OS(C)(=O)=O)N2. The van der Waals surface area contributed by atoms with E-state index >= 15 is 0 Å². The molecule has 2 heterocycles. The minimum absolute atomic E-state index is 0.0343. The summed E-state index contributed by atoms with van der Waals surface area (Å²) in [6.45, 7) is 0. The van der Waals surface area contributed by atoms with Crippen LogP contribution in [0.15, 0.2) is 0 Å². The first kappa shape index (κ1) is 12.8. The van der Waals surface area contributed by atoms with E-state index in [1.807, 2.05) is 0 Å². The van der Waals surface area contributed by atoms with Crippen molar-refractivity contribution in [1.82, 2.24) is 5.32 Å². The van der Waals surface area contributed by atoms with E-state index < -0.39 is 28.1 Å². The molecule has 98 valence electrons. The molecule has 2 saturated heterocycles. The number of methoxy groups -OCH3 is 1. The highest BCUT2D eigenvalue weighted by atomic mass is 32.2. The van der Waals surface area contributed by atoms with E-state index in [4.69, 9.17) is 8.92 Å². The number of piperidine rings is 1. The Balaban J connectivity index is 2.19. The monoisotopic (exact) mass is 263 g/mol. The van der Waals surface area contributed by atoms with Crippen LogP contribution in [-0.4, -0.2) is 45.9 Å². The van der Waals surface area contributed by atoms with Crippen molar-refractivity contribution in [1.29, 1.82) is 0 Å². The fourth-order valence-corrected chi connectivity index (χ4v) is 3.43. The van der Waals surface area contributed by atoms with E-state index in [2.05, 4.69) is 5.32 Å².